The highest BCUT2D eigenvalue weighted by Crippen LogP contribution is 2.35. The largest absolute Gasteiger partial charge is 0.378 e. The second-order valence-corrected chi connectivity index (χ2v) is 5.29. The molecule has 4 nitrogen and oxygen atoms in total. The van der Waals surface area contributed by atoms with Gasteiger partial charge in [-0.2, -0.15) is 0 Å². The van der Waals surface area contributed by atoms with Gasteiger partial charge in [0.05, 0.1) is 18.2 Å². The minimum atomic E-state index is 0.165. The maximum Gasteiger partial charge on any atom is 0.191 e. The maximum atomic E-state index is 6.03. The fourth-order valence-electron chi connectivity index (χ4n) is 3.11. The van der Waals surface area contributed by atoms with E-state index in [1.165, 1.54) is 6.42 Å². The van der Waals surface area contributed by atoms with E-state index in [-0.39, 0.29) is 5.54 Å². The third-order valence-corrected chi connectivity index (χ3v) is 3.97. The van der Waals surface area contributed by atoms with E-state index in [2.05, 4.69) is 23.7 Å². The van der Waals surface area contributed by atoms with Crippen molar-refractivity contribution in [3.05, 3.63) is 0 Å². The summed E-state index contributed by atoms with van der Waals surface area (Å²) in [6, 6.07) is 0. The lowest BCUT2D eigenvalue weighted by Crippen LogP contribution is -2.56. The van der Waals surface area contributed by atoms with Crippen LogP contribution in [0.3, 0.4) is 0 Å². The fourth-order valence-corrected chi connectivity index (χ4v) is 3.11. The first-order valence-electron chi connectivity index (χ1n) is 6.91. The molecular formula is C13H25N3O. The van der Waals surface area contributed by atoms with Gasteiger partial charge in [0.1, 0.15) is 0 Å². The smallest absolute Gasteiger partial charge is 0.191 e. The molecule has 0 saturated carbocycles. The van der Waals surface area contributed by atoms with Crippen LogP contribution in [0.1, 0.15) is 46.0 Å². The molecular weight excluding hydrogens is 214 g/mol. The number of nitrogens with two attached hydrogens (primary N) is 1. The molecule has 2 heterocycles. The molecule has 17 heavy (non-hydrogen) atoms. The van der Waals surface area contributed by atoms with Crippen molar-refractivity contribution in [2.24, 2.45) is 10.7 Å². The lowest BCUT2D eigenvalue weighted by atomic mass is 9.84. The van der Waals surface area contributed by atoms with Crippen molar-refractivity contribution in [2.45, 2.75) is 57.6 Å². The molecule has 1 spiro atoms. The average molecular weight is 239 g/mol. The number of guanidine groups is 1. The molecule has 0 amide bonds. The van der Waals surface area contributed by atoms with Crippen LogP contribution in [0.2, 0.25) is 0 Å². The second kappa shape index (κ2) is 5.25. The predicted molar refractivity (Wildman–Crippen MR) is 70.1 cm³/mol. The molecule has 1 fully saturated rings. The van der Waals surface area contributed by atoms with Gasteiger partial charge in [-0.1, -0.05) is 20.3 Å². The lowest BCUT2D eigenvalue weighted by molar-refractivity contribution is -0.0507. The van der Waals surface area contributed by atoms with Crippen LogP contribution in [-0.4, -0.2) is 42.2 Å². The zero-order chi connectivity index (χ0) is 12.3. The van der Waals surface area contributed by atoms with Crippen molar-refractivity contribution in [2.75, 3.05) is 19.7 Å². The van der Waals surface area contributed by atoms with E-state index >= 15 is 0 Å². The monoisotopic (exact) mass is 239 g/mol. The SMILES string of the molecule is CCCC1CC2(CCO1)CN=C(N)N2CCC. The Labute approximate surface area is 104 Å². The molecule has 0 aromatic carbocycles. The van der Waals surface area contributed by atoms with Crippen LogP contribution in [0.5, 0.6) is 0 Å². The average Bonchev–Trinajstić information content (AvgIpc) is 2.60. The number of hydrogen-bond donors (Lipinski definition) is 1. The second-order valence-electron chi connectivity index (χ2n) is 5.29. The van der Waals surface area contributed by atoms with Crippen LogP contribution in [0.15, 0.2) is 4.99 Å². The molecule has 2 aliphatic rings. The zero-order valence-electron chi connectivity index (χ0n) is 11.1. The number of ether oxygens (including phenoxy) is 1. The van der Waals surface area contributed by atoms with Gasteiger partial charge in [-0.3, -0.25) is 4.99 Å². The van der Waals surface area contributed by atoms with Crippen LogP contribution < -0.4 is 5.73 Å². The Morgan fingerprint density at radius 1 is 1.47 bits per heavy atom. The quantitative estimate of drug-likeness (QED) is 0.813. The fraction of sp³-hybridized carbons (Fsp3) is 0.923. The van der Waals surface area contributed by atoms with Gasteiger partial charge in [-0.15, -0.1) is 0 Å². The van der Waals surface area contributed by atoms with E-state index in [1.807, 2.05) is 0 Å². The van der Waals surface area contributed by atoms with E-state index < -0.39 is 0 Å². The molecule has 0 aromatic rings. The summed E-state index contributed by atoms with van der Waals surface area (Å²) in [5.41, 5.74) is 6.19. The summed E-state index contributed by atoms with van der Waals surface area (Å²) < 4.78 is 5.85. The summed E-state index contributed by atoms with van der Waals surface area (Å²) in [6.07, 6.45) is 6.01. The molecule has 1 saturated heterocycles. The van der Waals surface area contributed by atoms with Gasteiger partial charge in [0.15, 0.2) is 5.96 Å². The third-order valence-electron chi connectivity index (χ3n) is 3.97. The van der Waals surface area contributed by atoms with E-state index in [9.17, 15) is 0 Å². The highest BCUT2D eigenvalue weighted by molar-refractivity contribution is 5.81. The van der Waals surface area contributed by atoms with Gasteiger partial charge in [0.2, 0.25) is 0 Å². The van der Waals surface area contributed by atoms with E-state index in [0.29, 0.717) is 6.10 Å². The van der Waals surface area contributed by atoms with Crippen molar-refractivity contribution >= 4 is 5.96 Å². The first kappa shape index (κ1) is 12.7. The first-order valence-corrected chi connectivity index (χ1v) is 6.91. The summed E-state index contributed by atoms with van der Waals surface area (Å²) in [5.74, 6) is 0.740. The minimum Gasteiger partial charge on any atom is -0.378 e. The van der Waals surface area contributed by atoms with Crippen molar-refractivity contribution in [3.63, 3.8) is 0 Å². The molecule has 2 unspecified atom stereocenters. The molecule has 0 radical (unpaired) electrons. The molecule has 0 aliphatic carbocycles. The number of rotatable bonds is 4. The summed E-state index contributed by atoms with van der Waals surface area (Å²) in [6.45, 7) is 7.15. The van der Waals surface area contributed by atoms with Gasteiger partial charge in [0, 0.05) is 13.2 Å². The van der Waals surface area contributed by atoms with Gasteiger partial charge in [-0.25, -0.2) is 0 Å². The Balaban J connectivity index is 2.07. The molecule has 2 aliphatic heterocycles. The first-order chi connectivity index (χ1) is 8.22. The Morgan fingerprint density at radius 3 is 3.00 bits per heavy atom. The molecule has 0 aromatic heterocycles. The normalized spacial score (nSPS) is 33.2. The van der Waals surface area contributed by atoms with Crippen LogP contribution in [-0.2, 0) is 4.74 Å². The topological polar surface area (TPSA) is 50.9 Å². The van der Waals surface area contributed by atoms with Crippen LogP contribution in [0.25, 0.3) is 0 Å². The van der Waals surface area contributed by atoms with Crippen molar-refractivity contribution in [1.82, 2.24) is 4.90 Å². The van der Waals surface area contributed by atoms with E-state index in [0.717, 1.165) is 51.3 Å². The van der Waals surface area contributed by atoms with Crippen LogP contribution in [0, 0.1) is 0 Å². The highest BCUT2D eigenvalue weighted by Gasteiger charge is 2.45. The summed E-state index contributed by atoms with van der Waals surface area (Å²) >= 11 is 0. The van der Waals surface area contributed by atoms with Gasteiger partial charge >= 0.3 is 0 Å². The number of nitrogens with zero attached hydrogens (tertiary/aromatic N) is 2. The third kappa shape index (κ3) is 2.41. The molecule has 0 bridgehead atoms. The molecule has 2 atom stereocenters. The molecule has 2 N–H and O–H groups in total. The standard InChI is InChI=1S/C13H25N3O/c1-3-5-11-9-13(6-8-17-11)10-15-12(14)16(13)7-4-2/h11H,3-10H2,1-2H3,(H2,14,15). The summed E-state index contributed by atoms with van der Waals surface area (Å²) in [5, 5.41) is 0. The zero-order valence-corrected chi connectivity index (χ0v) is 11.1. The molecule has 98 valence electrons. The van der Waals surface area contributed by atoms with Gasteiger partial charge in [0.25, 0.3) is 0 Å². The molecule has 2 rings (SSSR count). The van der Waals surface area contributed by atoms with E-state index in [4.69, 9.17) is 10.5 Å². The van der Waals surface area contributed by atoms with Gasteiger partial charge < -0.3 is 15.4 Å². The predicted octanol–water partition coefficient (Wildman–Crippen LogP) is 1.74. The minimum absolute atomic E-state index is 0.165. The Kier molecular flexibility index (Phi) is 3.92. The lowest BCUT2D eigenvalue weighted by Gasteiger charge is -2.44. The van der Waals surface area contributed by atoms with Gasteiger partial charge in [-0.05, 0) is 25.7 Å². The van der Waals surface area contributed by atoms with Crippen LogP contribution in [0.4, 0.5) is 0 Å². The van der Waals surface area contributed by atoms with Crippen molar-refractivity contribution in [3.8, 4) is 0 Å². The number of hydrogen-bond acceptors (Lipinski definition) is 4. The van der Waals surface area contributed by atoms with E-state index in [1.54, 1.807) is 0 Å². The Hall–Kier alpha value is -0.770. The van der Waals surface area contributed by atoms with Crippen LogP contribution >= 0.6 is 0 Å². The summed E-state index contributed by atoms with van der Waals surface area (Å²) in [7, 11) is 0. The Morgan fingerprint density at radius 2 is 2.29 bits per heavy atom. The highest BCUT2D eigenvalue weighted by atomic mass is 16.5. The Bertz CT molecular complexity index is 290. The number of aliphatic imine (C=N–C) groups is 1. The van der Waals surface area contributed by atoms with Crippen molar-refractivity contribution < 1.29 is 4.74 Å². The maximum absolute atomic E-state index is 6.03. The molecule has 4 heteroatoms. The summed E-state index contributed by atoms with van der Waals surface area (Å²) in [4.78, 5) is 6.80. The van der Waals surface area contributed by atoms with Crippen molar-refractivity contribution in [1.29, 1.82) is 0 Å².